The van der Waals surface area contributed by atoms with Gasteiger partial charge in [0.05, 0.1) is 6.04 Å². The van der Waals surface area contributed by atoms with Crippen molar-refractivity contribution in [1.82, 2.24) is 10.6 Å². The topological polar surface area (TPSA) is 108 Å². The number of barbiturate groups is 1. The minimum absolute atomic E-state index is 0. The summed E-state index contributed by atoms with van der Waals surface area (Å²) < 4.78 is 0. The maximum atomic E-state index is 13.1. The molecular weight excluding hydrogens is 406 g/mol. The Morgan fingerprint density at radius 2 is 1.67 bits per heavy atom. The van der Waals surface area contributed by atoms with Gasteiger partial charge in [0.2, 0.25) is 11.8 Å². The zero-order valence-electron chi connectivity index (χ0n) is 16.1. The third kappa shape index (κ3) is 2.87. The minimum atomic E-state index is -1.40. The monoisotopic (exact) mass is 427 g/mol. The number of rotatable bonds is 1. The molecule has 1 unspecified atom stereocenters. The molecule has 0 saturated carbocycles. The van der Waals surface area contributed by atoms with E-state index in [4.69, 9.17) is 5.73 Å². The van der Waals surface area contributed by atoms with Gasteiger partial charge >= 0.3 is 6.03 Å². The number of fused-ring (bicyclic) bond motifs is 4. The highest BCUT2D eigenvalue weighted by Crippen LogP contribution is 2.45. The van der Waals surface area contributed by atoms with Crippen LogP contribution in [0.4, 0.5) is 21.9 Å². The molecule has 4 N–H and O–H groups in total. The zero-order valence-corrected chi connectivity index (χ0v) is 16.9. The molecule has 2 fully saturated rings. The Bertz CT molecular complexity index is 1010. The van der Waals surface area contributed by atoms with E-state index in [0.29, 0.717) is 18.8 Å². The molecule has 1 spiro atoms. The minimum Gasteiger partial charge on any atom is -0.399 e. The van der Waals surface area contributed by atoms with Gasteiger partial charge in [-0.05, 0) is 42.3 Å². The van der Waals surface area contributed by atoms with Crippen LogP contribution in [0.2, 0.25) is 0 Å². The number of imide groups is 2. The highest BCUT2D eigenvalue weighted by molar-refractivity contribution is 6.20. The molecule has 3 heterocycles. The first-order valence-corrected chi connectivity index (χ1v) is 9.61. The summed E-state index contributed by atoms with van der Waals surface area (Å²) in [7, 11) is 0. The van der Waals surface area contributed by atoms with E-state index in [1.165, 1.54) is 0 Å². The lowest BCUT2D eigenvalue weighted by atomic mass is 9.68. The SMILES string of the molecule is Cl.Nc1ccc2c(c1)CC1(C(=O)NC(=O)NC1=O)C1CN(c3ccccc3)CCN21. The largest absolute Gasteiger partial charge is 0.399 e. The number of para-hydroxylation sites is 1. The van der Waals surface area contributed by atoms with Gasteiger partial charge in [-0.2, -0.15) is 0 Å². The molecule has 0 radical (unpaired) electrons. The van der Waals surface area contributed by atoms with Gasteiger partial charge in [0.15, 0.2) is 5.41 Å². The third-order valence-corrected chi connectivity index (χ3v) is 6.22. The molecule has 5 rings (SSSR count). The lowest BCUT2D eigenvalue weighted by molar-refractivity contribution is -0.146. The van der Waals surface area contributed by atoms with E-state index in [0.717, 1.165) is 23.5 Å². The number of halogens is 1. The van der Waals surface area contributed by atoms with Crippen molar-refractivity contribution >= 4 is 47.3 Å². The van der Waals surface area contributed by atoms with Crippen molar-refractivity contribution in [2.45, 2.75) is 12.5 Å². The Labute approximate surface area is 179 Å². The highest BCUT2D eigenvalue weighted by Gasteiger charge is 2.60. The second-order valence-corrected chi connectivity index (χ2v) is 7.76. The van der Waals surface area contributed by atoms with E-state index in [2.05, 4.69) is 20.4 Å². The van der Waals surface area contributed by atoms with Crippen molar-refractivity contribution in [3.8, 4) is 0 Å². The van der Waals surface area contributed by atoms with Gasteiger partial charge in [-0.1, -0.05) is 18.2 Å². The van der Waals surface area contributed by atoms with Crippen molar-refractivity contribution in [3.05, 3.63) is 54.1 Å². The molecule has 3 aliphatic heterocycles. The van der Waals surface area contributed by atoms with Crippen molar-refractivity contribution in [3.63, 3.8) is 0 Å². The number of anilines is 3. The smallest absolute Gasteiger partial charge is 0.328 e. The van der Waals surface area contributed by atoms with Crippen LogP contribution in [0, 0.1) is 5.41 Å². The van der Waals surface area contributed by atoms with Crippen LogP contribution in [0.25, 0.3) is 0 Å². The fraction of sp³-hybridized carbons (Fsp3) is 0.286. The maximum absolute atomic E-state index is 13.1. The summed E-state index contributed by atoms with van der Waals surface area (Å²) in [5.74, 6) is -1.10. The molecular formula is C21H22ClN5O3. The van der Waals surface area contributed by atoms with Crippen LogP contribution in [-0.2, 0) is 16.0 Å². The molecule has 0 bridgehead atoms. The molecule has 2 saturated heterocycles. The van der Waals surface area contributed by atoms with Gasteiger partial charge in [-0.15, -0.1) is 12.4 Å². The second-order valence-electron chi connectivity index (χ2n) is 7.76. The van der Waals surface area contributed by atoms with Gasteiger partial charge in [-0.25, -0.2) is 4.79 Å². The van der Waals surface area contributed by atoms with E-state index in [9.17, 15) is 14.4 Å². The molecule has 0 aromatic heterocycles. The number of hydrogen-bond donors (Lipinski definition) is 3. The standard InChI is InChI=1S/C21H21N5O3.ClH/c22-14-6-7-16-13(10-14)11-21(18(27)23-20(29)24-19(21)28)17-12-25(8-9-26(16)17)15-4-2-1-3-5-15;/h1-7,10,17H,8-9,11-12,22H2,(H2,23,24,27,28,29);1H. The Hall–Kier alpha value is -3.26. The van der Waals surface area contributed by atoms with Crippen LogP contribution in [-0.4, -0.2) is 43.5 Å². The van der Waals surface area contributed by atoms with Crippen molar-refractivity contribution in [2.75, 3.05) is 35.2 Å². The van der Waals surface area contributed by atoms with Gasteiger partial charge in [-0.3, -0.25) is 20.2 Å². The zero-order chi connectivity index (χ0) is 20.2. The molecule has 0 aliphatic carbocycles. The lowest BCUT2D eigenvalue weighted by Crippen LogP contribution is -2.74. The fourth-order valence-electron chi connectivity index (χ4n) is 4.84. The van der Waals surface area contributed by atoms with Crippen LogP contribution in [0.3, 0.4) is 0 Å². The highest BCUT2D eigenvalue weighted by atomic mass is 35.5. The summed E-state index contributed by atoms with van der Waals surface area (Å²) in [4.78, 5) is 42.3. The predicted molar refractivity (Wildman–Crippen MR) is 116 cm³/mol. The van der Waals surface area contributed by atoms with Crippen LogP contribution in [0.15, 0.2) is 48.5 Å². The van der Waals surface area contributed by atoms with E-state index in [1.54, 1.807) is 0 Å². The molecule has 1 atom stereocenters. The summed E-state index contributed by atoms with van der Waals surface area (Å²) in [6.07, 6.45) is 0.197. The average molecular weight is 428 g/mol. The average Bonchev–Trinajstić information content (AvgIpc) is 2.72. The van der Waals surface area contributed by atoms with Gasteiger partial charge in [0, 0.05) is 36.7 Å². The molecule has 3 aliphatic rings. The number of benzene rings is 2. The van der Waals surface area contributed by atoms with Gasteiger partial charge in [0.25, 0.3) is 0 Å². The number of nitrogen functional groups attached to an aromatic ring is 1. The van der Waals surface area contributed by atoms with E-state index < -0.39 is 29.3 Å². The first-order chi connectivity index (χ1) is 14.0. The number of hydrogen-bond acceptors (Lipinski definition) is 6. The lowest BCUT2D eigenvalue weighted by Gasteiger charge is -2.54. The molecule has 2 aromatic rings. The van der Waals surface area contributed by atoms with Crippen LogP contribution < -0.4 is 26.2 Å². The van der Waals surface area contributed by atoms with Crippen molar-refractivity contribution in [1.29, 1.82) is 0 Å². The summed E-state index contributed by atoms with van der Waals surface area (Å²) in [6, 6.07) is 14.3. The number of carbonyl (C=O) groups excluding carboxylic acids is 3. The quantitative estimate of drug-likeness (QED) is 0.467. The molecule has 2 aromatic carbocycles. The number of nitrogens with two attached hydrogens (primary N) is 1. The Morgan fingerprint density at radius 1 is 0.967 bits per heavy atom. The molecule has 156 valence electrons. The third-order valence-electron chi connectivity index (χ3n) is 6.22. The molecule has 9 heteroatoms. The summed E-state index contributed by atoms with van der Waals surface area (Å²) in [5.41, 5.74) is 8.02. The fourth-order valence-corrected chi connectivity index (χ4v) is 4.84. The van der Waals surface area contributed by atoms with Gasteiger partial charge in [0.1, 0.15) is 0 Å². The van der Waals surface area contributed by atoms with Crippen LogP contribution in [0.5, 0.6) is 0 Å². The summed E-state index contributed by atoms with van der Waals surface area (Å²) in [6.45, 7) is 1.89. The van der Waals surface area contributed by atoms with Crippen molar-refractivity contribution < 1.29 is 14.4 Å². The number of amides is 4. The number of nitrogens with one attached hydrogen (secondary N) is 2. The number of urea groups is 1. The Balaban J connectivity index is 0.00000218. The normalized spacial score (nSPS) is 21.9. The van der Waals surface area contributed by atoms with Crippen LogP contribution >= 0.6 is 12.4 Å². The molecule has 30 heavy (non-hydrogen) atoms. The second kappa shape index (κ2) is 7.21. The Kier molecular flexibility index (Phi) is 4.82. The maximum Gasteiger partial charge on any atom is 0.328 e. The number of carbonyl (C=O) groups is 3. The number of piperazine rings is 1. The molecule has 8 nitrogen and oxygen atoms in total. The van der Waals surface area contributed by atoms with E-state index >= 15 is 0 Å². The van der Waals surface area contributed by atoms with E-state index in [1.807, 2.05) is 48.5 Å². The van der Waals surface area contributed by atoms with Crippen molar-refractivity contribution in [2.24, 2.45) is 5.41 Å². The predicted octanol–water partition coefficient (Wildman–Crippen LogP) is 1.29. The van der Waals surface area contributed by atoms with Gasteiger partial charge < -0.3 is 15.5 Å². The summed E-state index contributed by atoms with van der Waals surface area (Å²) >= 11 is 0. The Morgan fingerprint density at radius 3 is 2.37 bits per heavy atom. The van der Waals surface area contributed by atoms with Crippen LogP contribution in [0.1, 0.15) is 5.56 Å². The summed E-state index contributed by atoms with van der Waals surface area (Å²) in [5, 5.41) is 4.63. The first-order valence-electron chi connectivity index (χ1n) is 9.61. The first kappa shape index (κ1) is 20.0. The number of nitrogens with zero attached hydrogens (tertiary/aromatic N) is 2. The molecule has 4 amide bonds. The van der Waals surface area contributed by atoms with E-state index in [-0.39, 0.29) is 18.8 Å².